The van der Waals surface area contributed by atoms with Crippen molar-refractivity contribution in [3.05, 3.63) is 46.7 Å². The summed E-state index contributed by atoms with van der Waals surface area (Å²) in [5.41, 5.74) is 1.96. The molecule has 1 aliphatic heterocycles. The third kappa shape index (κ3) is 4.52. The Morgan fingerprint density at radius 2 is 1.86 bits per heavy atom. The quantitative estimate of drug-likeness (QED) is 0.695. The van der Waals surface area contributed by atoms with Crippen LogP contribution in [0.25, 0.3) is 0 Å². The molecule has 1 unspecified atom stereocenters. The number of benzene rings is 1. The Balaban J connectivity index is 1.66. The van der Waals surface area contributed by atoms with Gasteiger partial charge in [0, 0.05) is 11.2 Å². The number of aromatic nitrogens is 2. The minimum absolute atomic E-state index is 0.395. The van der Waals surface area contributed by atoms with E-state index in [2.05, 4.69) is 5.10 Å². The first-order chi connectivity index (χ1) is 13.5. The van der Waals surface area contributed by atoms with E-state index in [0.29, 0.717) is 24.3 Å². The smallest absolute Gasteiger partial charge is 0.480 e. The van der Waals surface area contributed by atoms with E-state index in [9.17, 15) is 9.90 Å². The molecule has 1 saturated heterocycles. The monoisotopic (exact) mass is 418 g/mol. The van der Waals surface area contributed by atoms with Gasteiger partial charge in [0.25, 0.3) is 0 Å². The highest BCUT2D eigenvalue weighted by molar-refractivity contribution is 6.62. The highest BCUT2D eigenvalue weighted by Gasteiger charge is 2.51. The zero-order valence-corrected chi connectivity index (χ0v) is 18.4. The van der Waals surface area contributed by atoms with E-state index in [4.69, 9.17) is 20.9 Å². The van der Waals surface area contributed by atoms with E-state index in [-0.39, 0.29) is 0 Å². The fourth-order valence-corrected chi connectivity index (χ4v) is 3.60. The normalized spacial score (nSPS) is 18.8. The van der Waals surface area contributed by atoms with Crippen molar-refractivity contribution in [2.75, 3.05) is 0 Å². The van der Waals surface area contributed by atoms with Crippen LogP contribution in [-0.2, 0) is 26.9 Å². The first kappa shape index (κ1) is 21.9. The Labute approximate surface area is 177 Å². The summed E-state index contributed by atoms with van der Waals surface area (Å²) in [7, 11) is -0.441. The van der Waals surface area contributed by atoms with Gasteiger partial charge in [0.15, 0.2) is 0 Å². The second-order valence-electron chi connectivity index (χ2n) is 8.49. The molecule has 6 nitrogen and oxygen atoms in total. The third-order valence-corrected chi connectivity index (χ3v) is 6.26. The molecule has 3 rings (SSSR count). The summed E-state index contributed by atoms with van der Waals surface area (Å²) >= 11 is 6.52. The van der Waals surface area contributed by atoms with Crippen LogP contribution in [0.5, 0.6) is 0 Å². The van der Waals surface area contributed by atoms with Gasteiger partial charge in [0.2, 0.25) is 0 Å². The minimum Gasteiger partial charge on any atom is -0.480 e. The molecule has 1 aromatic carbocycles. The second-order valence-corrected chi connectivity index (χ2v) is 8.90. The summed E-state index contributed by atoms with van der Waals surface area (Å²) < 4.78 is 13.7. The van der Waals surface area contributed by atoms with Crippen molar-refractivity contribution in [2.24, 2.45) is 0 Å². The maximum absolute atomic E-state index is 11.3. The van der Waals surface area contributed by atoms with Crippen LogP contribution in [0.1, 0.15) is 58.3 Å². The maximum Gasteiger partial charge on any atom is 0.494 e. The molecule has 0 spiro atoms. The number of carbonyl (C=O) groups is 1. The number of halogens is 1. The van der Waals surface area contributed by atoms with Crippen molar-refractivity contribution >= 4 is 30.2 Å². The van der Waals surface area contributed by atoms with Crippen molar-refractivity contribution < 1.29 is 19.2 Å². The number of nitrogens with zero attached hydrogens (tertiary/aromatic N) is 2. The number of rotatable bonds is 7. The minimum atomic E-state index is -0.872. The van der Waals surface area contributed by atoms with Crippen LogP contribution >= 0.6 is 11.6 Å². The molecule has 2 heterocycles. The summed E-state index contributed by atoms with van der Waals surface area (Å²) in [6.07, 6.45) is 3.60. The topological polar surface area (TPSA) is 73.6 Å². The average Bonchev–Trinajstić information content (AvgIpc) is 3.16. The molecule has 0 radical (unpaired) electrons. The van der Waals surface area contributed by atoms with Crippen LogP contribution in [0.2, 0.25) is 5.02 Å². The first-order valence-corrected chi connectivity index (χ1v) is 10.3. The van der Waals surface area contributed by atoms with Gasteiger partial charge < -0.3 is 14.4 Å². The maximum atomic E-state index is 11.3. The number of aryl methyl sites for hydroxylation is 2. The highest BCUT2D eigenvalue weighted by atomic mass is 35.5. The lowest BCUT2D eigenvalue weighted by molar-refractivity contribution is -0.141. The van der Waals surface area contributed by atoms with Gasteiger partial charge in [0.05, 0.1) is 16.9 Å². The van der Waals surface area contributed by atoms with Gasteiger partial charge >= 0.3 is 13.1 Å². The van der Waals surface area contributed by atoms with Crippen LogP contribution in [0.15, 0.2) is 30.5 Å². The lowest BCUT2D eigenvalue weighted by Gasteiger charge is -2.32. The zero-order valence-electron chi connectivity index (χ0n) is 17.6. The number of hydrogen-bond acceptors (Lipinski definition) is 4. The molecule has 8 heteroatoms. The molecule has 0 saturated carbocycles. The second kappa shape index (κ2) is 8.13. The van der Waals surface area contributed by atoms with E-state index in [0.717, 1.165) is 16.7 Å². The van der Waals surface area contributed by atoms with Crippen LogP contribution in [0, 0.1) is 0 Å². The van der Waals surface area contributed by atoms with Gasteiger partial charge in [-0.25, -0.2) is 4.79 Å². The van der Waals surface area contributed by atoms with Gasteiger partial charge in [0.1, 0.15) is 6.04 Å². The summed E-state index contributed by atoms with van der Waals surface area (Å²) in [4.78, 5) is 11.3. The number of hydrogen-bond donors (Lipinski definition) is 1. The predicted molar refractivity (Wildman–Crippen MR) is 114 cm³/mol. The van der Waals surface area contributed by atoms with Crippen molar-refractivity contribution in [2.45, 2.75) is 71.1 Å². The van der Waals surface area contributed by atoms with E-state index < -0.39 is 30.3 Å². The van der Waals surface area contributed by atoms with Crippen LogP contribution < -0.4 is 5.46 Å². The molecule has 29 heavy (non-hydrogen) atoms. The molecule has 2 aromatic rings. The van der Waals surface area contributed by atoms with E-state index >= 15 is 0 Å². The molecular formula is C21H28BClN2O4. The Kier molecular flexibility index (Phi) is 6.13. The third-order valence-electron chi connectivity index (χ3n) is 5.91. The molecular weight excluding hydrogens is 391 g/mol. The SMILES string of the molecule is CCC(C(=O)O)n1ccc(CCc2ccc(B3OC(C)(C)C(C)(C)O3)cc2Cl)n1. The first-order valence-electron chi connectivity index (χ1n) is 9.95. The summed E-state index contributed by atoms with van der Waals surface area (Å²) in [5.74, 6) is -0.872. The van der Waals surface area contributed by atoms with Crippen molar-refractivity contribution in [3.63, 3.8) is 0 Å². The predicted octanol–water partition coefficient (Wildman–Crippen LogP) is 3.66. The standard InChI is InChI=1S/C21H28BClN2O4/c1-6-18(19(26)27)25-12-11-16(24-25)10-8-14-7-9-15(13-17(14)23)22-28-20(2,3)21(4,5)29-22/h7,9,11-13,18H,6,8,10H2,1-5H3,(H,26,27). The van der Waals surface area contributed by atoms with Crippen molar-refractivity contribution in [1.82, 2.24) is 9.78 Å². The molecule has 1 atom stereocenters. The van der Waals surface area contributed by atoms with Crippen LogP contribution in [-0.4, -0.2) is 39.2 Å². The molecule has 0 amide bonds. The van der Waals surface area contributed by atoms with Crippen LogP contribution in [0.3, 0.4) is 0 Å². The van der Waals surface area contributed by atoms with E-state index in [1.54, 1.807) is 6.20 Å². The van der Waals surface area contributed by atoms with Gasteiger partial charge in [-0.05, 0) is 70.1 Å². The largest absolute Gasteiger partial charge is 0.494 e. The summed E-state index contributed by atoms with van der Waals surface area (Å²) in [6, 6.07) is 7.10. The number of carboxylic acids is 1. The lowest BCUT2D eigenvalue weighted by Crippen LogP contribution is -2.41. The fourth-order valence-electron chi connectivity index (χ4n) is 3.31. The van der Waals surface area contributed by atoms with Crippen LogP contribution in [0.4, 0.5) is 0 Å². The Morgan fingerprint density at radius 1 is 1.21 bits per heavy atom. The van der Waals surface area contributed by atoms with E-state index in [1.807, 2.05) is 58.9 Å². The molecule has 0 aliphatic carbocycles. The average molecular weight is 419 g/mol. The summed E-state index contributed by atoms with van der Waals surface area (Å²) in [5, 5.41) is 14.3. The Hall–Kier alpha value is -1.83. The summed E-state index contributed by atoms with van der Waals surface area (Å²) in [6.45, 7) is 9.93. The van der Waals surface area contributed by atoms with Gasteiger partial charge in [-0.1, -0.05) is 30.7 Å². The highest BCUT2D eigenvalue weighted by Crippen LogP contribution is 2.36. The number of aliphatic carboxylic acids is 1. The van der Waals surface area contributed by atoms with E-state index in [1.165, 1.54) is 4.68 Å². The molecule has 0 bridgehead atoms. The van der Waals surface area contributed by atoms with Gasteiger partial charge in [-0.3, -0.25) is 4.68 Å². The lowest BCUT2D eigenvalue weighted by atomic mass is 9.78. The number of carboxylic acid groups (broad SMARTS) is 1. The van der Waals surface area contributed by atoms with Gasteiger partial charge in [-0.15, -0.1) is 0 Å². The van der Waals surface area contributed by atoms with Crippen molar-refractivity contribution in [1.29, 1.82) is 0 Å². The Morgan fingerprint density at radius 3 is 2.41 bits per heavy atom. The molecule has 1 aliphatic rings. The molecule has 1 N–H and O–H groups in total. The Bertz CT molecular complexity index is 881. The van der Waals surface area contributed by atoms with Crippen molar-refractivity contribution in [3.8, 4) is 0 Å². The molecule has 156 valence electrons. The zero-order chi connectivity index (χ0) is 21.4. The fraction of sp³-hybridized carbons (Fsp3) is 0.524. The molecule has 1 fully saturated rings. The van der Waals surface area contributed by atoms with Gasteiger partial charge in [-0.2, -0.15) is 5.10 Å². The molecule has 1 aromatic heterocycles.